The van der Waals surface area contributed by atoms with Crippen LogP contribution in [0.5, 0.6) is 0 Å². The number of hydrogen-bond donors (Lipinski definition) is 1. The summed E-state index contributed by atoms with van der Waals surface area (Å²) in [6.45, 7) is -0.152. The monoisotopic (exact) mass is 222 g/mol. The molecule has 1 aromatic heterocycles. The Kier molecular flexibility index (Phi) is 3.10. The van der Waals surface area contributed by atoms with Gasteiger partial charge in [0.1, 0.15) is 0 Å². The van der Waals surface area contributed by atoms with E-state index in [1.807, 2.05) is 0 Å². The normalized spacial score (nSPS) is 11.6. The van der Waals surface area contributed by atoms with Crippen LogP contribution in [0.2, 0.25) is 0 Å². The smallest absolute Gasteiger partial charge is 0.323 e. The van der Waals surface area contributed by atoms with Crippen molar-refractivity contribution in [2.45, 2.75) is 18.3 Å². The Hall–Kier alpha value is -1.10. The molecule has 0 aliphatic carbocycles. The molecule has 1 rings (SSSR count). The highest BCUT2D eigenvalue weighted by molar-refractivity contribution is 6.21. The predicted molar refractivity (Wildman–Crippen MR) is 50.5 cm³/mol. The Morgan fingerprint density at radius 1 is 1.50 bits per heavy atom. The Labute approximate surface area is 84.1 Å². The summed E-state index contributed by atoms with van der Waals surface area (Å²) in [4.78, 5) is 11.1. The van der Waals surface area contributed by atoms with Crippen molar-refractivity contribution in [2.75, 3.05) is 5.73 Å². The van der Waals surface area contributed by atoms with E-state index < -0.39 is 11.8 Å². The van der Waals surface area contributed by atoms with Gasteiger partial charge in [-0.3, -0.25) is 4.79 Å². The van der Waals surface area contributed by atoms with Crippen molar-refractivity contribution in [3.05, 3.63) is 28.7 Å². The molecule has 0 saturated carbocycles. The molecular weight excluding hydrogens is 214 g/mol. The van der Waals surface area contributed by atoms with E-state index in [-0.39, 0.29) is 12.1 Å². The van der Waals surface area contributed by atoms with Gasteiger partial charge in [-0.1, -0.05) is 0 Å². The number of anilines is 1. The van der Waals surface area contributed by atoms with E-state index in [1.165, 1.54) is 18.3 Å². The van der Waals surface area contributed by atoms with E-state index in [1.54, 1.807) is 0 Å². The van der Waals surface area contributed by atoms with Gasteiger partial charge >= 0.3 is 5.38 Å². The van der Waals surface area contributed by atoms with Crippen LogP contribution in [0.25, 0.3) is 0 Å². The lowest BCUT2D eigenvalue weighted by molar-refractivity contribution is 0.0805. The highest BCUT2D eigenvalue weighted by atomic mass is 35.5. The van der Waals surface area contributed by atoms with Crippen LogP contribution in [0.4, 0.5) is 14.5 Å². The summed E-state index contributed by atoms with van der Waals surface area (Å²) < 4.78 is 25.6. The molecule has 2 N–H and O–H groups in total. The SMILES string of the molecule is Nc1ccc(=O)n(CCC(F)(F)Cl)c1. The zero-order valence-electron chi connectivity index (χ0n) is 7.21. The lowest BCUT2D eigenvalue weighted by atomic mass is 10.4. The molecule has 14 heavy (non-hydrogen) atoms. The third-order valence-electron chi connectivity index (χ3n) is 1.64. The quantitative estimate of drug-likeness (QED) is 0.791. The van der Waals surface area contributed by atoms with Crippen LogP contribution in [0.15, 0.2) is 23.1 Å². The zero-order chi connectivity index (χ0) is 10.8. The predicted octanol–water partition coefficient (Wildman–Crippen LogP) is 1.65. The summed E-state index contributed by atoms with van der Waals surface area (Å²) in [7, 11) is 0. The van der Waals surface area contributed by atoms with Gasteiger partial charge in [0.05, 0.1) is 0 Å². The number of aryl methyl sites for hydroxylation is 1. The third-order valence-corrected chi connectivity index (χ3v) is 1.83. The van der Waals surface area contributed by atoms with E-state index in [0.717, 1.165) is 4.57 Å². The second-order valence-electron chi connectivity index (χ2n) is 2.86. The lowest BCUT2D eigenvalue weighted by Gasteiger charge is -2.09. The second kappa shape index (κ2) is 3.96. The fraction of sp³-hybridized carbons (Fsp3) is 0.375. The van der Waals surface area contributed by atoms with Crippen LogP contribution in [-0.4, -0.2) is 9.95 Å². The molecule has 6 heteroatoms. The largest absolute Gasteiger partial charge is 0.398 e. The molecule has 0 aliphatic rings. The van der Waals surface area contributed by atoms with Crippen LogP contribution >= 0.6 is 11.6 Å². The first-order valence-electron chi connectivity index (χ1n) is 3.91. The standard InChI is InChI=1S/C8H9ClF2N2O/c9-8(10,11)3-4-13-5-6(12)1-2-7(13)14/h1-2,5H,3-4,12H2. The Bertz CT molecular complexity index is 372. The number of rotatable bonds is 3. The van der Waals surface area contributed by atoms with Gasteiger partial charge in [0.25, 0.3) is 5.56 Å². The van der Waals surface area contributed by atoms with Crippen molar-refractivity contribution in [1.82, 2.24) is 4.57 Å². The molecule has 0 fully saturated rings. The molecule has 0 spiro atoms. The fourth-order valence-electron chi connectivity index (χ4n) is 0.972. The van der Waals surface area contributed by atoms with Gasteiger partial charge in [-0.05, 0) is 17.7 Å². The average molecular weight is 223 g/mol. The Morgan fingerprint density at radius 2 is 2.14 bits per heavy atom. The minimum atomic E-state index is -3.29. The topological polar surface area (TPSA) is 48.0 Å². The van der Waals surface area contributed by atoms with Gasteiger partial charge in [0, 0.05) is 30.9 Å². The van der Waals surface area contributed by atoms with E-state index in [9.17, 15) is 13.6 Å². The van der Waals surface area contributed by atoms with E-state index in [0.29, 0.717) is 5.69 Å². The van der Waals surface area contributed by atoms with E-state index >= 15 is 0 Å². The minimum absolute atomic E-state index is 0.152. The molecule has 0 aliphatic heterocycles. The average Bonchev–Trinajstić information content (AvgIpc) is 2.05. The van der Waals surface area contributed by atoms with Crippen molar-refractivity contribution in [3.8, 4) is 0 Å². The van der Waals surface area contributed by atoms with Gasteiger partial charge in [-0.2, -0.15) is 8.78 Å². The highest BCUT2D eigenvalue weighted by Crippen LogP contribution is 2.23. The van der Waals surface area contributed by atoms with Gasteiger partial charge in [-0.15, -0.1) is 0 Å². The Balaban J connectivity index is 2.77. The summed E-state index contributed by atoms with van der Waals surface area (Å²) >= 11 is 4.70. The molecule has 78 valence electrons. The van der Waals surface area contributed by atoms with E-state index in [2.05, 4.69) is 0 Å². The maximum absolute atomic E-state index is 12.3. The fourth-order valence-corrected chi connectivity index (χ4v) is 1.06. The van der Waals surface area contributed by atoms with Gasteiger partial charge in [0.15, 0.2) is 0 Å². The van der Waals surface area contributed by atoms with Gasteiger partial charge in [0.2, 0.25) is 0 Å². The molecular formula is C8H9ClF2N2O. The number of alkyl halides is 3. The minimum Gasteiger partial charge on any atom is -0.398 e. The molecule has 0 radical (unpaired) electrons. The van der Waals surface area contributed by atoms with Crippen molar-refractivity contribution in [2.24, 2.45) is 0 Å². The number of nitrogens with two attached hydrogens (primary N) is 1. The summed E-state index contributed by atoms with van der Waals surface area (Å²) in [5.41, 5.74) is 5.36. The van der Waals surface area contributed by atoms with Crippen molar-refractivity contribution < 1.29 is 8.78 Å². The van der Waals surface area contributed by atoms with Crippen LogP contribution in [0.1, 0.15) is 6.42 Å². The lowest BCUT2D eigenvalue weighted by Crippen LogP contribution is -2.22. The first-order valence-corrected chi connectivity index (χ1v) is 4.29. The molecule has 3 nitrogen and oxygen atoms in total. The summed E-state index contributed by atoms with van der Waals surface area (Å²) in [5, 5.41) is -3.29. The molecule has 0 saturated heterocycles. The van der Waals surface area contributed by atoms with Crippen molar-refractivity contribution >= 4 is 17.3 Å². The first-order chi connectivity index (χ1) is 6.38. The maximum atomic E-state index is 12.3. The number of halogens is 3. The highest BCUT2D eigenvalue weighted by Gasteiger charge is 2.24. The van der Waals surface area contributed by atoms with Crippen molar-refractivity contribution in [1.29, 1.82) is 0 Å². The number of nitrogen functional groups attached to an aromatic ring is 1. The maximum Gasteiger partial charge on any atom is 0.323 e. The second-order valence-corrected chi connectivity index (χ2v) is 3.41. The molecule has 0 atom stereocenters. The zero-order valence-corrected chi connectivity index (χ0v) is 7.97. The molecule has 0 bridgehead atoms. The molecule has 1 aromatic rings. The molecule has 0 unspecified atom stereocenters. The van der Waals surface area contributed by atoms with Crippen LogP contribution in [0.3, 0.4) is 0 Å². The van der Waals surface area contributed by atoms with Crippen molar-refractivity contribution in [3.63, 3.8) is 0 Å². The first kappa shape index (κ1) is 11.0. The van der Waals surface area contributed by atoms with Gasteiger partial charge < -0.3 is 10.3 Å². The summed E-state index contributed by atoms with van der Waals surface area (Å²) in [6, 6.07) is 2.64. The third kappa shape index (κ3) is 3.33. The van der Waals surface area contributed by atoms with Gasteiger partial charge in [-0.25, -0.2) is 0 Å². The molecule has 0 amide bonds. The summed E-state index contributed by atoms with van der Waals surface area (Å²) in [6.07, 6.45) is 0.711. The van der Waals surface area contributed by atoms with Crippen LogP contribution in [0, 0.1) is 0 Å². The summed E-state index contributed by atoms with van der Waals surface area (Å²) in [5.74, 6) is 0. The van der Waals surface area contributed by atoms with Crippen LogP contribution < -0.4 is 11.3 Å². The number of aromatic nitrogens is 1. The number of nitrogens with zero attached hydrogens (tertiary/aromatic N) is 1. The number of pyridine rings is 1. The molecule has 0 aromatic carbocycles. The Morgan fingerprint density at radius 3 is 2.71 bits per heavy atom. The number of hydrogen-bond acceptors (Lipinski definition) is 2. The molecule has 1 heterocycles. The van der Waals surface area contributed by atoms with E-state index in [4.69, 9.17) is 17.3 Å². The van der Waals surface area contributed by atoms with Crippen LogP contribution in [-0.2, 0) is 6.54 Å².